The first-order valence-corrected chi connectivity index (χ1v) is 7.10. The smallest absolute Gasteiger partial charge is 0.152 e. The van der Waals surface area contributed by atoms with Crippen molar-refractivity contribution in [3.8, 4) is 0 Å². The normalized spacial score (nSPS) is 19.6. The zero-order valence-corrected chi connectivity index (χ0v) is 12.8. The zero-order valence-electron chi connectivity index (χ0n) is 12.8. The molecule has 1 aliphatic heterocycles. The average Bonchev–Trinajstić information content (AvgIpc) is 2.31. The summed E-state index contributed by atoms with van der Waals surface area (Å²) in [7, 11) is 0. The van der Waals surface area contributed by atoms with Crippen LogP contribution in [-0.4, -0.2) is 17.9 Å². The largest absolute Gasteiger partial charge is 0.359 e. The predicted octanol–water partition coefficient (Wildman–Crippen LogP) is 3.93. The van der Waals surface area contributed by atoms with Gasteiger partial charge >= 0.3 is 0 Å². The van der Waals surface area contributed by atoms with Crippen LogP contribution in [0.1, 0.15) is 53.0 Å². The third-order valence-corrected chi connectivity index (χ3v) is 4.13. The molecule has 0 spiro atoms. The lowest BCUT2D eigenvalue weighted by molar-refractivity contribution is -0.119. The Labute approximate surface area is 116 Å². The number of carbonyl (C=O) groups is 1. The number of nitrogens with zero attached hydrogens (tertiary/aromatic N) is 1. The molecule has 2 heteroatoms. The summed E-state index contributed by atoms with van der Waals surface area (Å²) in [6.45, 7) is 11.6. The number of rotatable bonds is 1. The number of piperidine rings is 1. The standard InChI is InChI=1S/C17H25NO/c1-16(2,3)13-6-8-14(9-7-13)18-12-15(19)10-11-17(18,4)5/h6-9H,10-12H2,1-5H3. The number of benzene rings is 1. The molecule has 104 valence electrons. The van der Waals surface area contributed by atoms with E-state index in [0.29, 0.717) is 18.7 Å². The first-order valence-electron chi connectivity index (χ1n) is 7.10. The molecule has 0 atom stereocenters. The number of Topliss-reactive ketones (excluding diaryl/α,β-unsaturated/α-hetero) is 1. The van der Waals surface area contributed by atoms with Crippen LogP contribution in [0.5, 0.6) is 0 Å². The second kappa shape index (κ2) is 4.66. The molecule has 0 N–H and O–H groups in total. The Morgan fingerprint density at radius 1 is 1.11 bits per heavy atom. The zero-order chi connectivity index (χ0) is 14.3. The molecule has 0 aromatic heterocycles. The molecule has 1 aliphatic rings. The maximum atomic E-state index is 11.7. The van der Waals surface area contributed by atoms with Crippen LogP contribution in [-0.2, 0) is 10.2 Å². The van der Waals surface area contributed by atoms with Crippen molar-refractivity contribution < 1.29 is 4.79 Å². The van der Waals surface area contributed by atoms with Crippen molar-refractivity contribution in [2.45, 2.75) is 58.4 Å². The molecule has 0 bridgehead atoms. The molecule has 1 heterocycles. The van der Waals surface area contributed by atoms with Crippen LogP contribution in [0.2, 0.25) is 0 Å². The van der Waals surface area contributed by atoms with E-state index in [2.05, 4.69) is 63.8 Å². The van der Waals surface area contributed by atoms with Crippen LogP contribution in [0.15, 0.2) is 24.3 Å². The second-order valence-corrected chi connectivity index (χ2v) is 7.23. The van der Waals surface area contributed by atoms with Crippen molar-refractivity contribution in [1.82, 2.24) is 0 Å². The molecule has 0 unspecified atom stereocenters. The molecule has 1 aromatic carbocycles. The molecular formula is C17H25NO. The van der Waals surface area contributed by atoms with Crippen LogP contribution in [0, 0.1) is 0 Å². The lowest BCUT2D eigenvalue weighted by atomic mass is 9.86. The van der Waals surface area contributed by atoms with Gasteiger partial charge < -0.3 is 4.90 Å². The Morgan fingerprint density at radius 2 is 1.68 bits per heavy atom. The molecule has 0 saturated carbocycles. The van der Waals surface area contributed by atoms with Crippen LogP contribution in [0.3, 0.4) is 0 Å². The molecule has 1 aromatic rings. The van der Waals surface area contributed by atoms with Gasteiger partial charge in [0.2, 0.25) is 0 Å². The third-order valence-electron chi connectivity index (χ3n) is 4.13. The molecule has 1 fully saturated rings. The highest BCUT2D eigenvalue weighted by molar-refractivity contribution is 5.85. The van der Waals surface area contributed by atoms with Gasteiger partial charge in [-0.1, -0.05) is 32.9 Å². The summed E-state index contributed by atoms with van der Waals surface area (Å²) in [5.41, 5.74) is 2.73. The fourth-order valence-electron chi connectivity index (χ4n) is 2.63. The average molecular weight is 259 g/mol. The number of hydrogen-bond donors (Lipinski definition) is 0. The van der Waals surface area contributed by atoms with E-state index in [-0.39, 0.29) is 11.0 Å². The first kappa shape index (κ1) is 14.1. The molecule has 0 amide bonds. The van der Waals surface area contributed by atoms with Crippen LogP contribution in [0.25, 0.3) is 0 Å². The summed E-state index contributed by atoms with van der Waals surface area (Å²) < 4.78 is 0. The monoisotopic (exact) mass is 259 g/mol. The SMILES string of the molecule is CC(C)(C)c1ccc(N2CC(=O)CCC2(C)C)cc1. The van der Waals surface area contributed by atoms with E-state index in [1.54, 1.807) is 0 Å². The van der Waals surface area contributed by atoms with Crippen LogP contribution < -0.4 is 4.90 Å². The van der Waals surface area contributed by atoms with E-state index >= 15 is 0 Å². The van der Waals surface area contributed by atoms with E-state index in [9.17, 15) is 4.79 Å². The maximum absolute atomic E-state index is 11.7. The van der Waals surface area contributed by atoms with Crippen molar-refractivity contribution in [1.29, 1.82) is 0 Å². The number of ketones is 1. The summed E-state index contributed by atoms with van der Waals surface area (Å²) in [4.78, 5) is 14.0. The highest BCUT2D eigenvalue weighted by Crippen LogP contribution is 2.32. The van der Waals surface area contributed by atoms with Crippen molar-refractivity contribution in [3.63, 3.8) is 0 Å². The Morgan fingerprint density at radius 3 is 2.21 bits per heavy atom. The fourth-order valence-corrected chi connectivity index (χ4v) is 2.63. The van der Waals surface area contributed by atoms with Crippen molar-refractivity contribution >= 4 is 11.5 Å². The lowest BCUT2D eigenvalue weighted by Crippen LogP contribution is -2.51. The van der Waals surface area contributed by atoms with Crippen molar-refractivity contribution in [2.24, 2.45) is 0 Å². The number of hydrogen-bond acceptors (Lipinski definition) is 2. The van der Waals surface area contributed by atoms with Gasteiger partial charge in [0.1, 0.15) is 0 Å². The minimum atomic E-state index is 0.0666. The van der Waals surface area contributed by atoms with Crippen molar-refractivity contribution in [3.05, 3.63) is 29.8 Å². The van der Waals surface area contributed by atoms with E-state index in [4.69, 9.17) is 0 Å². The molecule has 0 radical (unpaired) electrons. The summed E-state index contributed by atoms with van der Waals surface area (Å²) in [5.74, 6) is 0.347. The minimum Gasteiger partial charge on any atom is -0.359 e. The van der Waals surface area contributed by atoms with Gasteiger partial charge in [-0.05, 0) is 43.4 Å². The van der Waals surface area contributed by atoms with Gasteiger partial charge in [-0.25, -0.2) is 0 Å². The fraction of sp³-hybridized carbons (Fsp3) is 0.588. The van der Waals surface area contributed by atoms with Crippen LogP contribution in [0.4, 0.5) is 5.69 Å². The third kappa shape index (κ3) is 2.99. The Kier molecular flexibility index (Phi) is 3.46. The van der Waals surface area contributed by atoms with Gasteiger partial charge in [-0.2, -0.15) is 0 Å². The molecule has 2 rings (SSSR count). The topological polar surface area (TPSA) is 20.3 Å². The lowest BCUT2D eigenvalue weighted by Gasteiger charge is -2.43. The van der Waals surface area contributed by atoms with E-state index in [1.165, 1.54) is 5.56 Å². The van der Waals surface area contributed by atoms with Gasteiger partial charge in [-0.15, -0.1) is 0 Å². The summed E-state index contributed by atoms with van der Waals surface area (Å²) in [6.07, 6.45) is 1.65. The van der Waals surface area contributed by atoms with E-state index in [0.717, 1.165) is 12.1 Å². The molecule has 19 heavy (non-hydrogen) atoms. The Balaban J connectivity index is 2.28. The van der Waals surface area contributed by atoms with Gasteiger partial charge in [-0.3, -0.25) is 4.79 Å². The Bertz CT molecular complexity index is 465. The maximum Gasteiger partial charge on any atom is 0.152 e. The quantitative estimate of drug-likeness (QED) is 0.761. The number of anilines is 1. The summed E-state index contributed by atoms with van der Waals surface area (Å²) in [5, 5.41) is 0. The van der Waals surface area contributed by atoms with Gasteiger partial charge in [0.05, 0.1) is 6.54 Å². The first-order chi connectivity index (χ1) is 8.70. The minimum absolute atomic E-state index is 0.0666. The second-order valence-electron chi connectivity index (χ2n) is 7.23. The van der Waals surface area contributed by atoms with Gasteiger partial charge in [0, 0.05) is 17.6 Å². The highest BCUT2D eigenvalue weighted by Gasteiger charge is 2.33. The van der Waals surface area contributed by atoms with E-state index in [1.807, 2.05) is 0 Å². The highest BCUT2D eigenvalue weighted by atomic mass is 16.1. The molecule has 1 saturated heterocycles. The summed E-state index contributed by atoms with van der Waals surface area (Å²) >= 11 is 0. The van der Waals surface area contributed by atoms with E-state index < -0.39 is 0 Å². The predicted molar refractivity (Wildman–Crippen MR) is 80.8 cm³/mol. The van der Waals surface area contributed by atoms with Gasteiger partial charge in [0.25, 0.3) is 0 Å². The summed E-state index contributed by atoms with van der Waals surface area (Å²) in [6, 6.07) is 8.68. The molecular weight excluding hydrogens is 234 g/mol. The molecule has 0 aliphatic carbocycles. The van der Waals surface area contributed by atoms with Crippen molar-refractivity contribution in [2.75, 3.05) is 11.4 Å². The molecule has 2 nitrogen and oxygen atoms in total. The van der Waals surface area contributed by atoms with Gasteiger partial charge in [0.15, 0.2) is 5.78 Å². The number of carbonyl (C=O) groups excluding carboxylic acids is 1. The van der Waals surface area contributed by atoms with Crippen LogP contribution >= 0.6 is 0 Å². The Hall–Kier alpha value is -1.31.